The van der Waals surface area contributed by atoms with Crippen LogP contribution in [0.2, 0.25) is 0 Å². The van der Waals surface area contributed by atoms with E-state index in [1.165, 1.54) is 35.4 Å². The number of hydrogen-bond acceptors (Lipinski definition) is 8. The van der Waals surface area contributed by atoms with Gasteiger partial charge in [-0.05, 0) is 128 Å². The summed E-state index contributed by atoms with van der Waals surface area (Å²) in [5.74, 6) is -0.469. The quantitative estimate of drug-likeness (QED) is 0.112. The van der Waals surface area contributed by atoms with E-state index in [-0.39, 0.29) is 50.8 Å². The number of ketones is 2. The first-order chi connectivity index (χ1) is 30.3. The highest BCUT2D eigenvalue weighted by atomic mass is 16.5. The number of nitrogens with one attached hydrogen (secondary N) is 1. The molecule has 0 unspecified atom stereocenters. The molecule has 310 valence electrons. The number of nitrogens with zero attached hydrogens (tertiary/aromatic N) is 2. The molecule has 1 aromatic heterocycles. The summed E-state index contributed by atoms with van der Waals surface area (Å²) in [6.07, 6.45) is 13.3. The Bertz CT molecular complexity index is 2810. The molecule has 0 spiro atoms. The molecule has 0 atom stereocenters. The van der Waals surface area contributed by atoms with Crippen LogP contribution in [0.25, 0.3) is 10.9 Å². The number of benzene rings is 5. The van der Waals surface area contributed by atoms with Crippen LogP contribution in [0, 0.1) is 0 Å². The Kier molecular flexibility index (Phi) is 9.47. The van der Waals surface area contributed by atoms with Crippen LogP contribution in [0.1, 0.15) is 165 Å². The Labute approximate surface area is 358 Å². The fourth-order valence-corrected chi connectivity index (χ4v) is 10.8. The molecule has 5 aromatic carbocycles. The fourth-order valence-electron chi connectivity index (χ4n) is 10.8. The van der Waals surface area contributed by atoms with E-state index in [1.807, 2.05) is 36.4 Å². The minimum Gasteiger partial charge on any atom is -0.457 e. The lowest BCUT2D eigenvalue weighted by Gasteiger charge is -2.29. The number of anilines is 1. The molecule has 2 amide bonds. The molecule has 6 aromatic rings. The Morgan fingerprint density at radius 3 is 1.61 bits per heavy atom. The Balaban J connectivity index is 0.893. The Morgan fingerprint density at radius 2 is 1.03 bits per heavy atom. The number of aromatic nitrogens is 2. The van der Waals surface area contributed by atoms with Gasteiger partial charge in [-0.2, -0.15) is 0 Å². The van der Waals surface area contributed by atoms with E-state index >= 15 is 0 Å². The number of imide groups is 1. The first kappa shape index (κ1) is 38.3. The van der Waals surface area contributed by atoms with Crippen molar-refractivity contribution >= 4 is 40.0 Å². The van der Waals surface area contributed by atoms with E-state index in [2.05, 4.69) is 22.1 Å². The van der Waals surface area contributed by atoms with Crippen LogP contribution < -0.4 is 19.9 Å². The van der Waals surface area contributed by atoms with E-state index < -0.39 is 34.9 Å². The van der Waals surface area contributed by atoms with E-state index in [1.54, 1.807) is 36.4 Å². The monoisotopic (exact) mass is 823 g/mol. The summed E-state index contributed by atoms with van der Waals surface area (Å²) in [6, 6.07) is 28.8. The van der Waals surface area contributed by atoms with Gasteiger partial charge in [0.25, 0.3) is 17.4 Å². The number of carbonyl (C=O) groups excluding carboxylic acids is 4. The van der Waals surface area contributed by atoms with Crippen molar-refractivity contribution in [3.8, 4) is 23.0 Å². The summed E-state index contributed by atoms with van der Waals surface area (Å²) in [6.45, 7) is 0. The zero-order valence-electron chi connectivity index (χ0n) is 34.3. The molecule has 62 heavy (non-hydrogen) atoms. The molecule has 1 aliphatic heterocycles. The molecule has 2 heterocycles. The van der Waals surface area contributed by atoms with Crippen molar-refractivity contribution < 1.29 is 28.7 Å². The SMILES string of the molecule is O=C1c2cc3c(cc2C(=O)C1c1nc2ccc(Oc4cccc(Oc5ccccc5)c4)cc2c(=O)[nH]1)C(=O)N(c1c(C2CCCC2)cc(C2CCCC2)cc1C1CCCC1)C3=O. The molecule has 11 rings (SSSR count). The first-order valence-corrected chi connectivity index (χ1v) is 22.2. The summed E-state index contributed by atoms with van der Waals surface area (Å²) in [4.78, 5) is 80.0. The first-order valence-electron chi connectivity index (χ1n) is 22.2. The molecule has 4 aliphatic carbocycles. The third kappa shape index (κ3) is 6.55. The zero-order valence-corrected chi connectivity index (χ0v) is 34.3. The number of H-pyrrole nitrogens is 1. The lowest BCUT2D eigenvalue weighted by atomic mass is 9.83. The van der Waals surface area contributed by atoms with Gasteiger partial charge in [-0.25, -0.2) is 9.88 Å². The van der Waals surface area contributed by atoms with Crippen LogP contribution in [-0.2, 0) is 0 Å². The topological polar surface area (TPSA) is 136 Å². The number of aromatic amines is 1. The molecule has 0 bridgehead atoms. The van der Waals surface area contributed by atoms with Gasteiger partial charge in [0, 0.05) is 17.2 Å². The molecular formula is C52H45N3O7. The lowest BCUT2D eigenvalue weighted by Crippen LogP contribution is -2.32. The van der Waals surface area contributed by atoms with E-state index in [0.717, 1.165) is 81.0 Å². The molecule has 10 heteroatoms. The lowest BCUT2D eigenvalue weighted by molar-refractivity contribution is 0.0882. The normalized spacial score (nSPS) is 18.4. The van der Waals surface area contributed by atoms with Crippen molar-refractivity contribution in [2.45, 2.75) is 101 Å². The maximum Gasteiger partial charge on any atom is 0.266 e. The summed E-state index contributed by atoms with van der Waals surface area (Å²) >= 11 is 0. The van der Waals surface area contributed by atoms with Crippen LogP contribution in [0.3, 0.4) is 0 Å². The third-order valence-electron chi connectivity index (χ3n) is 13.9. The number of ether oxygens (including phenoxy) is 2. The van der Waals surface area contributed by atoms with Gasteiger partial charge in [0.1, 0.15) is 34.7 Å². The van der Waals surface area contributed by atoms with Crippen LogP contribution in [-0.4, -0.2) is 33.3 Å². The van der Waals surface area contributed by atoms with Gasteiger partial charge < -0.3 is 14.5 Å². The van der Waals surface area contributed by atoms with Crippen LogP contribution >= 0.6 is 0 Å². The molecule has 5 aliphatic rings. The maximum absolute atomic E-state index is 14.7. The number of carbonyl (C=O) groups is 4. The van der Waals surface area contributed by atoms with E-state index in [9.17, 15) is 24.0 Å². The predicted octanol–water partition coefficient (Wildman–Crippen LogP) is 11.4. The zero-order chi connectivity index (χ0) is 42.1. The molecule has 1 N–H and O–H groups in total. The van der Waals surface area contributed by atoms with Crippen LogP contribution in [0.5, 0.6) is 23.0 Å². The van der Waals surface area contributed by atoms with Crippen molar-refractivity contribution in [3.05, 3.63) is 152 Å². The van der Waals surface area contributed by atoms with Crippen molar-refractivity contribution in [1.82, 2.24) is 9.97 Å². The van der Waals surface area contributed by atoms with Gasteiger partial charge in [0.15, 0.2) is 11.6 Å². The fraction of sp³-hybridized carbons (Fsp3) is 0.308. The van der Waals surface area contributed by atoms with Crippen molar-refractivity contribution in [2.75, 3.05) is 4.90 Å². The minimum absolute atomic E-state index is 0.0512. The highest BCUT2D eigenvalue weighted by Crippen LogP contribution is 2.50. The number of Topliss-reactive ketones (excluding diaryl/α,β-unsaturated/α-hetero) is 2. The van der Waals surface area contributed by atoms with Gasteiger partial charge in [0.2, 0.25) is 0 Å². The van der Waals surface area contributed by atoms with E-state index in [4.69, 9.17) is 9.47 Å². The number of rotatable bonds is 9. The van der Waals surface area contributed by atoms with Gasteiger partial charge in [0.05, 0.1) is 27.7 Å². The average Bonchev–Trinajstić information content (AvgIpc) is 4.15. The van der Waals surface area contributed by atoms with Crippen molar-refractivity contribution in [3.63, 3.8) is 0 Å². The van der Waals surface area contributed by atoms with Gasteiger partial charge in [-0.15, -0.1) is 0 Å². The van der Waals surface area contributed by atoms with Crippen LogP contribution in [0.4, 0.5) is 5.69 Å². The second kappa shape index (κ2) is 15.3. The maximum atomic E-state index is 14.7. The minimum atomic E-state index is -1.43. The number of amides is 2. The summed E-state index contributed by atoms with van der Waals surface area (Å²) in [5.41, 5.74) is 4.36. The second-order valence-electron chi connectivity index (χ2n) is 17.7. The highest BCUT2D eigenvalue weighted by molar-refractivity contribution is 6.37. The summed E-state index contributed by atoms with van der Waals surface area (Å²) in [7, 11) is 0. The largest absolute Gasteiger partial charge is 0.457 e. The number of hydrogen-bond donors (Lipinski definition) is 1. The smallest absolute Gasteiger partial charge is 0.266 e. The third-order valence-corrected chi connectivity index (χ3v) is 13.9. The van der Waals surface area contributed by atoms with Gasteiger partial charge in [-0.1, -0.05) is 74.9 Å². The van der Waals surface area contributed by atoms with Gasteiger partial charge in [-0.3, -0.25) is 24.0 Å². The second-order valence-corrected chi connectivity index (χ2v) is 17.7. The Hall–Kier alpha value is -6.68. The number of para-hydroxylation sites is 1. The van der Waals surface area contributed by atoms with Crippen LogP contribution in [0.15, 0.2) is 102 Å². The van der Waals surface area contributed by atoms with E-state index in [0.29, 0.717) is 28.9 Å². The summed E-state index contributed by atoms with van der Waals surface area (Å²) < 4.78 is 12.0. The summed E-state index contributed by atoms with van der Waals surface area (Å²) in [5, 5.41) is 0.207. The Morgan fingerprint density at radius 1 is 0.516 bits per heavy atom. The molecule has 3 saturated carbocycles. The van der Waals surface area contributed by atoms with Crippen molar-refractivity contribution in [1.29, 1.82) is 0 Å². The molecule has 0 saturated heterocycles. The highest BCUT2D eigenvalue weighted by Gasteiger charge is 2.47. The standard InChI is InChI=1S/C52H45N3O7/c56-47-39-27-41-42(52(60)55(51(41)59)46-37(30-13-6-7-14-30)23-32(29-11-4-5-12-29)24-38(46)31-15-8-9-16-31)28-40(39)48(57)45(47)49-53-44-22-21-36(26-43(44)50(58)54-49)62-35-20-10-19-34(25-35)61-33-17-2-1-3-18-33/h1-3,10,17-31,45H,4-9,11-16H2,(H,53,54,58). The molecule has 0 radical (unpaired) electrons. The average molecular weight is 824 g/mol. The molecule has 3 fully saturated rings. The van der Waals surface area contributed by atoms with Crippen molar-refractivity contribution in [2.24, 2.45) is 0 Å². The predicted molar refractivity (Wildman–Crippen MR) is 234 cm³/mol. The molecular weight excluding hydrogens is 779 g/mol. The van der Waals surface area contributed by atoms with Gasteiger partial charge >= 0.3 is 0 Å². The number of fused-ring (bicyclic) bond motifs is 3. The molecule has 10 nitrogen and oxygen atoms in total.